The van der Waals surface area contributed by atoms with Crippen molar-refractivity contribution < 1.29 is 9.47 Å². The maximum absolute atomic E-state index is 5.85. The zero-order valence-electron chi connectivity index (χ0n) is 13.8. The van der Waals surface area contributed by atoms with Crippen LogP contribution in [0.15, 0.2) is 54.6 Å². The van der Waals surface area contributed by atoms with Crippen LogP contribution < -0.4 is 4.74 Å². The van der Waals surface area contributed by atoms with Crippen LogP contribution in [0.1, 0.15) is 32.8 Å². The van der Waals surface area contributed by atoms with Crippen molar-refractivity contribution in [3.63, 3.8) is 0 Å². The molecular formula is C20H26O2. The zero-order chi connectivity index (χ0) is 15.8. The molecule has 0 heterocycles. The van der Waals surface area contributed by atoms with Crippen LogP contribution in [0.5, 0.6) is 11.5 Å². The molecular weight excluding hydrogens is 272 g/mol. The average molecular weight is 298 g/mol. The predicted octanol–water partition coefficient (Wildman–Crippen LogP) is 5.47. The Morgan fingerprint density at radius 1 is 0.818 bits per heavy atom. The topological polar surface area (TPSA) is 18.5 Å². The van der Waals surface area contributed by atoms with Gasteiger partial charge in [-0.05, 0) is 48.1 Å². The quantitative estimate of drug-likeness (QED) is 0.631. The van der Waals surface area contributed by atoms with Crippen molar-refractivity contribution in [1.82, 2.24) is 0 Å². The molecule has 118 valence electrons. The van der Waals surface area contributed by atoms with Crippen LogP contribution >= 0.6 is 0 Å². The van der Waals surface area contributed by atoms with Crippen LogP contribution in [0.2, 0.25) is 0 Å². The van der Waals surface area contributed by atoms with Gasteiger partial charge in [0.2, 0.25) is 0 Å². The summed E-state index contributed by atoms with van der Waals surface area (Å²) in [5.41, 5.74) is 1.58. The summed E-state index contributed by atoms with van der Waals surface area (Å²) in [4.78, 5) is 0. The fourth-order valence-electron chi connectivity index (χ4n) is 2.06. The van der Waals surface area contributed by atoms with Crippen LogP contribution in [0.3, 0.4) is 0 Å². The predicted molar refractivity (Wildman–Crippen MR) is 91.6 cm³/mol. The van der Waals surface area contributed by atoms with E-state index in [2.05, 4.69) is 32.9 Å². The summed E-state index contributed by atoms with van der Waals surface area (Å²) in [7, 11) is 0. The van der Waals surface area contributed by atoms with Gasteiger partial charge in [0.25, 0.3) is 0 Å². The molecule has 0 radical (unpaired) electrons. The molecule has 22 heavy (non-hydrogen) atoms. The van der Waals surface area contributed by atoms with E-state index in [4.69, 9.17) is 9.47 Å². The van der Waals surface area contributed by atoms with Crippen LogP contribution in [0.25, 0.3) is 0 Å². The molecule has 2 heteroatoms. The minimum Gasteiger partial charge on any atom is -0.457 e. The largest absolute Gasteiger partial charge is 0.457 e. The molecule has 0 fully saturated rings. The second-order valence-electron chi connectivity index (χ2n) is 6.74. The van der Waals surface area contributed by atoms with Gasteiger partial charge >= 0.3 is 0 Å². The van der Waals surface area contributed by atoms with E-state index < -0.39 is 0 Å². The van der Waals surface area contributed by atoms with Gasteiger partial charge in [0, 0.05) is 6.61 Å². The van der Waals surface area contributed by atoms with E-state index in [1.807, 2.05) is 42.5 Å². The summed E-state index contributed by atoms with van der Waals surface area (Å²) in [6.07, 6.45) is 2.00. The first-order valence-corrected chi connectivity index (χ1v) is 7.92. The van der Waals surface area contributed by atoms with Crippen molar-refractivity contribution >= 4 is 0 Å². The monoisotopic (exact) mass is 298 g/mol. The lowest BCUT2D eigenvalue weighted by Crippen LogP contribution is -2.10. The van der Waals surface area contributed by atoms with Crippen molar-refractivity contribution in [2.75, 3.05) is 13.2 Å². The molecule has 2 aromatic carbocycles. The van der Waals surface area contributed by atoms with Gasteiger partial charge in [0.1, 0.15) is 11.5 Å². The van der Waals surface area contributed by atoms with Crippen molar-refractivity contribution in [3.05, 3.63) is 60.2 Å². The fraction of sp³-hybridized carbons (Fsp3) is 0.400. The van der Waals surface area contributed by atoms with E-state index in [1.165, 1.54) is 5.56 Å². The molecule has 0 spiro atoms. The van der Waals surface area contributed by atoms with E-state index in [0.717, 1.165) is 37.6 Å². The summed E-state index contributed by atoms with van der Waals surface area (Å²) in [5.74, 6) is 1.74. The van der Waals surface area contributed by atoms with Crippen LogP contribution in [-0.2, 0) is 11.2 Å². The standard InChI is InChI=1S/C20H26O2/c1-20(2,3)13-15-21-14-12-17-8-7-11-19(16-17)22-18-9-5-4-6-10-18/h4-11,16H,12-15H2,1-3H3. The van der Waals surface area contributed by atoms with Gasteiger partial charge in [0.05, 0.1) is 6.61 Å². The number of benzene rings is 2. The second kappa shape index (κ2) is 8.00. The highest BCUT2D eigenvalue weighted by molar-refractivity contribution is 5.33. The Morgan fingerprint density at radius 2 is 1.55 bits per heavy atom. The molecule has 0 aliphatic rings. The zero-order valence-corrected chi connectivity index (χ0v) is 13.8. The minimum atomic E-state index is 0.337. The number of hydrogen-bond donors (Lipinski definition) is 0. The average Bonchev–Trinajstić information content (AvgIpc) is 2.47. The van der Waals surface area contributed by atoms with Crippen LogP contribution in [0.4, 0.5) is 0 Å². The van der Waals surface area contributed by atoms with Crippen LogP contribution in [-0.4, -0.2) is 13.2 Å². The van der Waals surface area contributed by atoms with Crippen molar-refractivity contribution in [2.24, 2.45) is 5.41 Å². The second-order valence-corrected chi connectivity index (χ2v) is 6.74. The van der Waals surface area contributed by atoms with Crippen molar-refractivity contribution in [2.45, 2.75) is 33.6 Å². The third-order valence-electron chi connectivity index (χ3n) is 3.41. The third-order valence-corrected chi connectivity index (χ3v) is 3.41. The molecule has 0 atom stereocenters. The van der Waals surface area contributed by atoms with Gasteiger partial charge in [-0.2, -0.15) is 0 Å². The van der Waals surface area contributed by atoms with E-state index in [9.17, 15) is 0 Å². The highest BCUT2D eigenvalue weighted by Crippen LogP contribution is 2.22. The summed E-state index contributed by atoms with van der Waals surface area (Å²) in [6.45, 7) is 8.29. The number of hydrogen-bond acceptors (Lipinski definition) is 2. The third kappa shape index (κ3) is 6.31. The molecule has 0 saturated carbocycles. The number of para-hydroxylation sites is 1. The van der Waals surface area contributed by atoms with E-state index in [1.54, 1.807) is 0 Å². The van der Waals surface area contributed by atoms with Crippen molar-refractivity contribution in [1.29, 1.82) is 0 Å². The lowest BCUT2D eigenvalue weighted by Gasteiger charge is -2.17. The molecule has 2 nitrogen and oxygen atoms in total. The lowest BCUT2D eigenvalue weighted by atomic mass is 9.93. The Labute approximate surface area is 134 Å². The minimum absolute atomic E-state index is 0.337. The maximum Gasteiger partial charge on any atom is 0.127 e. The van der Waals surface area contributed by atoms with Gasteiger partial charge in [0.15, 0.2) is 0 Å². The SMILES string of the molecule is CC(C)(C)CCOCCc1cccc(Oc2ccccc2)c1. The summed E-state index contributed by atoms with van der Waals surface area (Å²) < 4.78 is 11.6. The van der Waals surface area contributed by atoms with Gasteiger partial charge in [-0.1, -0.05) is 51.1 Å². The molecule has 0 aliphatic heterocycles. The first kappa shape index (κ1) is 16.6. The summed E-state index contributed by atoms with van der Waals surface area (Å²) >= 11 is 0. The Morgan fingerprint density at radius 3 is 2.27 bits per heavy atom. The maximum atomic E-state index is 5.85. The highest BCUT2D eigenvalue weighted by Gasteiger charge is 2.09. The van der Waals surface area contributed by atoms with Gasteiger partial charge < -0.3 is 9.47 Å². The Hall–Kier alpha value is -1.80. The molecule has 0 bridgehead atoms. The lowest BCUT2D eigenvalue weighted by molar-refractivity contribution is 0.111. The molecule has 0 aromatic heterocycles. The Bertz CT molecular complexity index is 555. The number of rotatable bonds is 7. The molecule has 2 rings (SSSR count). The first-order valence-electron chi connectivity index (χ1n) is 7.92. The highest BCUT2D eigenvalue weighted by atomic mass is 16.5. The first-order chi connectivity index (χ1) is 10.5. The van der Waals surface area contributed by atoms with E-state index >= 15 is 0 Å². The molecule has 0 aliphatic carbocycles. The molecule has 0 unspecified atom stereocenters. The normalized spacial score (nSPS) is 11.4. The van der Waals surface area contributed by atoms with Gasteiger partial charge in [-0.15, -0.1) is 0 Å². The summed E-state index contributed by atoms with van der Waals surface area (Å²) in [5, 5.41) is 0. The fourth-order valence-corrected chi connectivity index (χ4v) is 2.06. The van der Waals surface area contributed by atoms with Gasteiger partial charge in [-0.25, -0.2) is 0 Å². The van der Waals surface area contributed by atoms with Crippen LogP contribution in [0, 0.1) is 5.41 Å². The Balaban J connectivity index is 1.79. The smallest absolute Gasteiger partial charge is 0.127 e. The molecule has 0 N–H and O–H groups in total. The van der Waals surface area contributed by atoms with E-state index in [0.29, 0.717) is 5.41 Å². The van der Waals surface area contributed by atoms with E-state index in [-0.39, 0.29) is 0 Å². The van der Waals surface area contributed by atoms with Gasteiger partial charge in [-0.3, -0.25) is 0 Å². The molecule has 0 amide bonds. The van der Waals surface area contributed by atoms with Crippen molar-refractivity contribution in [3.8, 4) is 11.5 Å². The molecule has 2 aromatic rings. The molecule has 0 saturated heterocycles. The summed E-state index contributed by atoms with van der Waals surface area (Å²) in [6, 6.07) is 18.1. The Kier molecular flexibility index (Phi) is 6.02. The number of ether oxygens (including phenoxy) is 2.